The Bertz CT molecular complexity index is 3410. The SMILES string of the molecule is C(=Cc1ccc(-c2c3ccccc3c(-c3ccc(C4(c5ccccc5)c5ccccc5-c5ccccc54)cc3)c3ccccc23)cc1)c1ccc(-c2ccc3ccccc3c2)cc1. The first-order valence-electron chi connectivity index (χ1n) is 21.9. The van der Waals surface area contributed by atoms with Gasteiger partial charge in [0.2, 0.25) is 0 Å². The lowest BCUT2D eigenvalue weighted by Crippen LogP contribution is -2.28. The summed E-state index contributed by atoms with van der Waals surface area (Å²) < 4.78 is 0. The third-order valence-electron chi connectivity index (χ3n) is 13.4. The van der Waals surface area contributed by atoms with Crippen LogP contribution in [0.25, 0.3) is 89.0 Å². The molecular weight excluding hydrogens is 757 g/mol. The summed E-state index contributed by atoms with van der Waals surface area (Å²) in [6.45, 7) is 0. The first-order valence-corrected chi connectivity index (χ1v) is 21.9. The fourth-order valence-electron chi connectivity index (χ4n) is 10.5. The summed E-state index contributed by atoms with van der Waals surface area (Å²) in [5, 5.41) is 7.55. The average Bonchev–Trinajstić information content (AvgIpc) is 3.66. The number of hydrogen-bond donors (Lipinski definition) is 0. The van der Waals surface area contributed by atoms with Gasteiger partial charge in [-0.15, -0.1) is 0 Å². The minimum atomic E-state index is -0.425. The van der Waals surface area contributed by atoms with E-state index in [9.17, 15) is 0 Å². The molecule has 0 amide bonds. The Balaban J connectivity index is 0.904. The molecule has 0 spiro atoms. The maximum Gasteiger partial charge on any atom is 0.0713 e. The van der Waals surface area contributed by atoms with Gasteiger partial charge < -0.3 is 0 Å². The van der Waals surface area contributed by atoms with Crippen LogP contribution in [-0.4, -0.2) is 0 Å². The molecule has 0 nitrogen and oxygen atoms in total. The number of rotatable bonds is 7. The molecule has 0 unspecified atom stereocenters. The van der Waals surface area contributed by atoms with Gasteiger partial charge in [-0.25, -0.2) is 0 Å². The topological polar surface area (TPSA) is 0 Å². The molecule has 0 aliphatic heterocycles. The second-order valence-electron chi connectivity index (χ2n) is 16.8. The minimum Gasteiger partial charge on any atom is -0.0622 e. The molecule has 0 bridgehead atoms. The Labute approximate surface area is 368 Å². The Hall–Kier alpha value is -8.06. The highest BCUT2D eigenvalue weighted by Gasteiger charge is 2.45. The lowest BCUT2D eigenvalue weighted by molar-refractivity contribution is 0.768. The molecule has 1 aliphatic rings. The molecule has 0 fully saturated rings. The van der Waals surface area contributed by atoms with Crippen LogP contribution in [0, 0.1) is 0 Å². The zero-order chi connectivity index (χ0) is 41.7. The maximum atomic E-state index is 2.38. The largest absolute Gasteiger partial charge is 0.0713 e. The van der Waals surface area contributed by atoms with Crippen molar-refractivity contribution in [1.82, 2.24) is 0 Å². The van der Waals surface area contributed by atoms with Crippen molar-refractivity contribution in [2.45, 2.75) is 5.41 Å². The van der Waals surface area contributed by atoms with Crippen LogP contribution in [0.1, 0.15) is 33.4 Å². The van der Waals surface area contributed by atoms with Gasteiger partial charge in [0.25, 0.3) is 0 Å². The second kappa shape index (κ2) is 15.1. The highest BCUT2D eigenvalue weighted by molar-refractivity contribution is 6.21. The molecular formula is C63H42. The van der Waals surface area contributed by atoms with Crippen molar-refractivity contribution in [1.29, 1.82) is 0 Å². The van der Waals surface area contributed by atoms with Crippen molar-refractivity contribution in [3.63, 3.8) is 0 Å². The van der Waals surface area contributed by atoms with Gasteiger partial charge in [0, 0.05) is 0 Å². The molecule has 0 N–H and O–H groups in total. The first-order chi connectivity index (χ1) is 31.2. The van der Waals surface area contributed by atoms with E-state index in [1.54, 1.807) is 0 Å². The predicted molar refractivity (Wildman–Crippen MR) is 268 cm³/mol. The summed E-state index contributed by atoms with van der Waals surface area (Å²) in [5.74, 6) is 0. The predicted octanol–water partition coefficient (Wildman–Crippen LogP) is 16.7. The van der Waals surface area contributed by atoms with Crippen LogP contribution in [0.5, 0.6) is 0 Å². The van der Waals surface area contributed by atoms with E-state index in [-0.39, 0.29) is 0 Å². The van der Waals surface area contributed by atoms with Gasteiger partial charge in [-0.1, -0.05) is 249 Å². The maximum absolute atomic E-state index is 2.38. The average molecular weight is 799 g/mol. The van der Waals surface area contributed by atoms with Crippen LogP contribution >= 0.6 is 0 Å². The van der Waals surface area contributed by atoms with Gasteiger partial charge in [-0.2, -0.15) is 0 Å². The molecule has 12 rings (SSSR count). The number of hydrogen-bond acceptors (Lipinski definition) is 0. The molecule has 0 saturated heterocycles. The Morgan fingerprint density at radius 1 is 0.270 bits per heavy atom. The Morgan fingerprint density at radius 3 is 1.21 bits per heavy atom. The van der Waals surface area contributed by atoms with Crippen LogP contribution in [0.15, 0.2) is 243 Å². The quantitative estimate of drug-likeness (QED) is 0.111. The Morgan fingerprint density at radius 2 is 0.667 bits per heavy atom. The molecule has 1 aliphatic carbocycles. The van der Waals surface area contributed by atoms with Crippen molar-refractivity contribution in [2.24, 2.45) is 0 Å². The highest BCUT2D eigenvalue weighted by Crippen LogP contribution is 2.56. The van der Waals surface area contributed by atoms with E-state index in [1.165, 1.54) is 110 Å². The van der Waals surface area contributed by atoms with Crippen LogP contribution in [0.4, 0.5) is 0 Å². The zero-order valence-electron chi connectivity index (χ0n) is 34.7. The van der Waals surface area contributed by atoms with Gasteiger partial charge >= 0.3 is 0 Å². The van der Waals surface area contributed by atoms with E-state index >= 15 is 0 Å². The van der Waals surface area contributed by atoms with Crippen molar-refractivity contribution < 1.29 is 0 Å². The van der Waals surface area contributed by atoms with Gasteiger partial charge in [0.1, 0.15) is 0 Å². The molecule has 63 heavy (non-hydrogen) atoms. The number of fused-ring (bicyclic) bond motifs is 6. The monoisotopic (exact) mass is 798 g/mol. The minimum absolute atomic E-state index is 0.425. The van der Waals surface area contributed by atoms with Crippen LogP contribution in [0.2, 0.25) is 0 Å². The third kappa shape index (κ3) is 6.06. The smallest absolute Gasteiger partial charge is 0.0622 e. The summed E-state index contributed by atoms with van der Waals surface area (Å²) in [4.78, 5) is 0. The van der Waals surface area contributed by atoms with Crippen molar-refractivity contribution >= 4 is 44.5 Å². The zero-order valence-corrected chi connectivity index (χ0v) is 34.7. The van der Waals surface area contributed by atoms with Crippen LogP contribution in [-0.2, 0) is 5.41 Å². The van der Waals surface area contributed by atoms with Gasteiger partial charge in [0.05, 0.1) is 5.41 Å². The normalized spacial score (nSPS) is 12.8. The lowest BCUT2D eigenvalue weighted by atomic mass is 9.67. The molecule has 294 valence electrons. The molecule has 0 radical (unpaired) electrons. The Kier molecular flexibility index (Phi) is 8.83. The van der Waals surface area contributed by atoms with Gasteiger partial charge in [-0.3, -0.25) is 0 Å². The molecule has 11 aromatic carbocycles. The van der Waals surface area contributed by atoms with E-state index in [4.69, 9.17) is 0 Å². The van der Waals surface area contributed by atoms with Crippen molar-refractivity contribution in [3.05, 3.63) is 276 Å². The highest BCUT2D eigenvalue weighted by atomic mass is 14.5. The number of benzene rings is 11. The van der Waals surface area contributed by atoms with E-state index in [0.717, 1.165) is 0 Å². The van der Waals surface area contributed by atoms with E-state index < -0.39 is 5.41 Å². The van der Waals surface area contributed by atoms with E-state index in [2.05, 4.69) is 255 Å². The lowest BCUT2D eigenvalue weighted by Gasteiger charge is -2.34. The fourth-order valence-corrected chi connectivity index (χ4v) is 10.5. The molecule has 0 aromatic heterocycles. The van der Waals surface area contributed by atoms with Crippen molar-refractivity contribution in [3.8, 4) is 44.5 Å². The van der Waals surface area contributed by atoms with E-state index in [1.807, 2.05) is 0 Å². The summed E-state index contributed by atoms with van der Waals surface area (Å²) >= 11 is 0. The molecule has 0 heteroatoms. The van der Waals surface area contributed by atoms with Crippen LogP contribution in [0.3, 0.4) is 0 Å². The molecule has 11 aromatic rings. The summed E-state index contributed by atoms with van der Waals surface area (Å²) in [6, 6.07) is 89.5. The van der Waals surface area contributed by atoms with Gasteiger partial charge in [0.15, 0.2) is 0 Å². The van der Waals surface area contributed by atoms with Gasteiger partial charge in [-0.05, 0) is 116 Å². The summed E-state index contributed by atoms with van der Waals surface area (Å²) in [6.07, 6.45) is 4.42. The molecule has 0 saturated carbocycles. The molecule has 0 atom stereocenters. The summed E-state index contributed by atoms with van der Waals surface area (Å²) in [7, 11) is 0. The van der Waals surface area contributed by atoms with E-state index in [0.29, 0.717) is 0 Å². The second-order valence-corrected chi connectivity index (χ2v) is 16.8. The fraction of sp³-hybridized carbons (Fsp3) is 0.0159. The summed E-state index contributed by atoms with van der Waals surface area (Å²) in [5.41, 5.74) is 17.2. The first kappa shape index (κ1) is 36.8. The van der Waals surface area contributed by atoms with Crippen LogP contribution < -0.4 is 0 Å². The molecule has 0 heterocycles. The standard InChI is InChI=1S/C63H42/c1-2-16-51(17-3-1)63(59-24-12-10-18-53(59)54-19-11-13-25-60(54)63)52-40-38-48(39-41-52)62-57-22-8-6-20-55(57)61(56-21-7-9-23-58(56)62)47-34-30-44(31-35-47)27-26-43-28-32-46(33-29-43)50-37-36-45-14-4-5-15-49(45)42-50/h1-42H. The third-order valence-corrected chi connectivity index (χ3v) is 13.4. The van der Waals surface area contributed by atoms with Crippen molar-refractivity contribution in [2.75, 3.05) is 0 Å².